The third-order valence-corrected chi connectivity index (χ3v) is 3.26. The molecular weight excluding hydrogens is 260 g/mol. The van der Waals surface area contributed by atoms with Crippen molar-refractivity contribution in [3.63, 3.8) is 0 Å². The number of hydrogen-bond acceptors (Lipinski definition) is 3. The first-order valence-electron chi connectivity index (χ1n) is 8.18. The molecule has 1 rings (SSSR count). The number of pyridine rings is 1. The van der Waals surface area contributed by atoms with Crippen molar-refractivity contribution in [1.29, 1.82) is 0 Å². The second-order valence-electron chi connectivity index (χ2n) is 7.18. The largest absolute Gasteiger partial charge is 0.478 e. The van der Waals surface area contributed by atoms with Crippen molar-refractivity contribution in [2.24, 2.45) is 5.92 Å². The second kappa shape index (κ2) is 8.38. The number of unbranched alkanes of at least 4 members (excludes halogenated alkanes) is 1. The van der Waals surface area contributed by atoms with Gasteiger partial charge in [0.25, 0.3) is 0 Å². The minimum absolute atomic E-state index is 0.0386. The first-order valence-corrected chi connectivity index (χ1v) is 8.18. The van der Waals surface area contributed by atoms with E-state index in [9.17, 15) is 0 Å². The zero-order chi connectivity index (χ0) is 15.9. The summed E-state index contributed by atoms with van der Waals surface area (Å²) in [5.74, 6) is 1.42. The summed E-state index contributed by atoms with van der Waals surface area (Å²) in [7, 11) is 0. The Balaban J connectivity index is 2.82. The molecule has 1 N–H and O–H groups in total. The van der Waals surface area contributed by atoms with E-state index in [2.05, 4.69) is 64.0 Å². The van der Waals surface area contributed by atoms with Gasteiger partial charge >= 0.3 is 0 Å². The van der Waals surface area contributed by atoms with Gasteiger partial charge in [-0.25, -0.2) is 4.98 Å². The minimum Gasteiger partial charge on any atom is -0.478 e. The molecule has 0 amide bonds. The van der Waals surface area contributed by atoms with E-state index in [-0.39, 0.29) is 5.41 Å². The van der Waals surface area contributed by atoms with Gasteiger partial charge < -0.3 is 10.1 Å². The van der Waals surface area contributed by atoms with Crippen molar-refractivity contribution in [3.05, 3.63) is 23.4 Å². The third-order valence-electron chi connectivity index (χ3n) is 3.26. The van der Waals surface area contributed by atoms with Gasteiger partial charge in [0.05, 0.1) is 12.3 Å². The molecule has 0 fully saturated rings. The molecule has 3 nitrogen and oxygen atoms in total. The fraction of sp³-hybridized carbons (Fsp3) is 0.722. The standard InChI is InChI=1S/C18H32N2O/c1-7-8-9-21-17-11-15(13-19-12-14(2)3)10-16(20-17)18(4,5)6/h10-11,14,19H,7-9,12-13H2,1-6H3. The van der Waals surface area contributed by atoms with Crippen LogP contribution in [0.25, 0.3) is 0 Å². The van der Waals surface area contributed by atoms with E-state index in [1.54, 1.807) is 0 Å². The van der Waals surface area contributed by atoms with Gasteiger partial charge in [0, 0.05) is 18.0 Å². The Hall–Kier alpha value is -1.09. The van der Waals surface area contributed by atoms with Gasteiger partial charge in [-0.2, -0.15) is 0 Å². The first-order chi connectivity index (χ1) is 9.82. The molecule has 0 spiro atoms. The zero-order valence-electron chi connectivity index (χ0n) is 14.6. The number of nitrogens with one attached hydrogen (secondary N) is 1. The van der Waals surface area contributed by atoms with Gasteiger partial charge in [0.2, 0.25) is 5.88 Å². The molecule has 0 aliphatic carbocycles. The monoisotopic (exact) mass is 292 g/mol. The molecular formula is C18H32N2O. The average molecular weight is 292 g/mol. The summed E-state index contributed by atoms with van der Waals surface area (Å²) in [6.45, 7) is 15.8. The molecule has 0 aliphatic heterocycles. The molecule has 0 aliphatic rings. The normalized spacial score (nSPS) is 12.0. The lowest BCUT2D eigenvalue weighted by Gasteiger charge is -2.20. The molecule has 0 radical (unpaired) electrons. The predicted molar refractivity (Wildman–Crippen MR) is 89.9 cm³/mol. The van der Waals surface area contributed by atoms with Crippen LogP contribution in [0.2, 0.25) is 0 Å². The molecule has 0 aromatic carbocycles. The first kappa shape index (κ1) is 18.0. The summed E-state index contributed by atoms with van der Waals surface area (Å²) in [5, 5.41) is 3.49. The number of aromatic nitrogens is 1. The Bertz CT molecular complexity index is 422. The number of rotatable bonds is 8. The molecule has 21 heavy (non-hydrogen) atoms. The van der Waals surface area contributed by atoms with Gasteiger partial charge in [0.15, 0.2) is 0 Å². The van der Waals surface area contributed by atoms with E-state index in [0.717, 1.165) is 44.1 Å². The Morgan fingerprint density at radius 3 is 2.52 bits per heavy atom. The van der Waals surface area contributed by atoms with Crippen LogP contribution in [0.1, 0.15) is 65.6 Å². The van der Waals surface area contributed by atoms with Gasteiger partial charge in [-0.15, -0.1) is 0 Å². The molecule has 0 bridgehead atoms. The highest BCUT2D eigenvalue weighted by Crippen LogP contribution is 2.24. The van der Waals surface area contributed by atoms with Crippen LogP contribution in [0.3, 0.4) is 0 Å². The minimum atomic E-state index is 0.0386. The maximum atomic E-state index is 5.81. The molecule has 120 valence electrons. The maximum Gasteiger partial charge on any atom is 0.213 e. The van der Waals surface area contributed by atoms with Crippen molar-refractivity contribution in [2.75, 3.05) is 13.2 Å². The van der Waals surface area contributed by atoms with Crippen LogP contribution in [0.4, 0.5) is 0 Å². The predicted octanol–water partition coefficient (Wildman–Crippen LogP) is 4.30. The Morgan fingerprint density at radius 2 is 1.95 bits per heavy atom. The van der Waals surface area contributed by atoms with Crippen molar-refractivity contribution in [3.8, 4) is 5.88 Å². The van der Waals surface area contributed by atoms with Gasteiger partial charge in [-0.05, 0) is 30.5 Å². The summed E-state index contributed by atoms with van der Waals surface area (Å²) < 4.78 is 5.81. The molecule has 3 heteroatoms. The molecule has 1 heterocycles. The van der Waals surface area contributed by atoms with E-state index in [4.69, 9.17) is 4.74 Å². The fourth-order valence-corrected chi connectivity index (χ4v) is 1.95. The lowest BCUT2D eigenvalue weighted by Crippen LogP contribution is -2.20. The molecule has 1 aromatic rings. The molecule has 0 saturated carbocycles. The zero-order valence-corrected chi connectivity index (χ0v) is 14.6. The van der Waals surface area contributed by atoms with Crippen molar-refractivity contribution < 1.29 is 4.74 Å². The smallest absolute Gasteiger partial charge is 0.213 e. The molecule has 1 aromatic heterocycles. The Kier molecular flexibility index (Phi) is 7.16. The van der Waals surface area contributed by atoms with Crippen molar-refractivity contribution in [1.82, 2.24) is 10.3 Å². The van der Waals surface area contributed by atoms with E-state index in [1.807, 2.05) is 0 Å². The Labute approximate surface area is 130 Å². The maximum absolute atomic E-state index is 5.81. The topological polar surface area (TPSA) is 34.1 Å². The average Bonchev–Trinajstić information content (AvgIpc) is 2.37. The highest BCUT2D eigenvalue weighted by molar-refractivity contribution is 5.28. The molecule has 0 atom stereocenters. The SMILES string of the molecule is CCCCOc1cc(CNCC(C)C)cc(C(C)(C)C)n1. The van der Waals surface area contributed by atoms with Crippen LogP contribution < -0.4 is 10.1 Å². The van der Waals surface area contributed by atoms with Crippen LogP contribution in [-0.4, -0.2) is 18.1 Å². The van der Waals surface area contributed by atoms with Crippen LogP contribution in [0, 0.1) is 5.92 Å². The van der Waals surface area contributed by atoms with E-state index in [0.29, 0.717) is 5.92 Å². The van der Waals surface area contributed by atoms with Gasteiger partial charge in [-0.1, -0.05) is 48.0 Å². The highest BCUT2D eigenvalue weighted by atomic mass is 16.5. The van der Waals surface area contributed by atoms with Crippen molar-refractivity contribution >= 4 is 0 Å². The van der Waals surface area contributed by atoms with Gasteiger partial charge in [0.1, 0.15) is 0 Å². The van der Waals surface area contributed by atoms with Crippen LogP contribution in [0.5, 0.6) is 5.88 Å². The molecule has 0 unspecified atom stereocenters. The summed E-state index contributed by atoms with van der Waals surface area (Å²) in [4.78, 5) is 4.67. The van der Waals surface area contributed by atoms with Crippen LogP contribution in [0.15, 0.2) is 12.1 Å². The van der Waals surface area contributed by atoms with E-state index < -0.39 is 0 Å². The number of hydrogen-bond donors (Lipinski definition) is 1. The number of ether oxygens (including phenoxy) is 1. The quantitative estimate of drug-likeness (QED) is 0.725. The molecule has 0 saturated heterocycles. The van der Waals surface area contributed by atoms with Crippen LogP contribution in [-0.2, 0) is 12.0 Å². The van der Waals surface area contributed by atoms with E-state index in [1.165, 1.54) is 5.56 Å². The highest BCUT2D eigenvalue weighted by Gasteiger charge is 2.17. The van der Waals surface area contributed by atoms with Crippen LogP contribution >= 0.6 is 0 Å². The summed E-state index contributed by atoms with van der Waals surface area (Å²) in [6, 6.07) is 4.26. The van der Waals surface area contributed by atoms with Crippen molar-refractivity contribution in [2.45, 2.75) is 66.3 Å². The Morgan fingerprint density at radius 1 is 1.24 bits per heavy atom. The lowest BCUT2D eigenvalue weighted by atomic mass is 9.91. The second-order valence-corrected chi connectivity index (χ2v) is 7.18. The number of nitrogens with zero attached hydrogens (tertiary/aromatic N) is 1. The van der Waals surface area contributed by atoms with Gasteiger partial charge in [-0.3, -0.25) is 0 Å². The summed E-state index contributed by atoms with van der Waals surface area (Å²) >= 11 is 0. The third kappa shape index (κ3) is 6.94. The summed E-state index contributed by atoms with van der Waals surface area (Å²) in [5.41, 5.74) is 2.39. The van der Waals surface area contributed by atoms with E-state index >= 15 is 0 Å². The lowest BCUT2D eigenvalue weighted by molar-refractivity contribution is 0.295. The summed E-state index contributed by atoms with van der Waals surface area (Å²) in [6.07, 6.45) is 2.21. The fourth-order valence-electron chi connectivity index (χ4n) is 1.95.